The first-order chi connectivity index (χ1) is 35.5. The average Bonchev–Trinajstić information content (AvgIpc) is 3.38. The molecule has 0 rings (SSSR count). The lowest BCUT2D eigenvalue weighted by Gasteiger charge is -2.18. The van der Waals surface area contributed by atoms with Gasteiger partial charge in [-0.2, -0.15) is 0 Å². The van der Waals surface area contributed by atoms with E-state index in [0.29, 0.717) is 19.3 Å². The van der Waals surface area contributed by atoms with E-state index in [2.05, 4.69) is 93.7 Å². The van der Waals surface area contributed by atoms with Crippen LogP contribution in [0.5, 0.6) is 0 Å². The molecule has 0 radical (unpaired) electrons. The lowest BCUT2D eigenvalue weighted by atomic mass is 10.0. The van der Waals surface area contributed by atoms with Crippen molar-refractivity contribution in [2.45, 2.75) is 316 Å². The van der Waals surface area contributed by atoms with Gasteiger partial charge in [0.25, 0.3) is 0 Å². The van der Waals surface area contributed by atoms with Crippen molar-refractivity contribution in [3.63, 3.8) is 0 Å². The van der Waals surface area contributed by atoms with Crippen LogP contribution in [-0.2, 0) is 28.6 Å². The van der Waals surface area contributed by atoms with E-state index in [4.69, 9.17) is 14.2 Å². The van der Waals surface area contributed by atoms with Crippen molar-refractivity contribution in [3.8, 4) is 0 Å². The molecule has 0 spiro atoms. The zero-order chi connectivity index (χ0) is 52.2. The molecular formula is C66H116O6. The summed E-state index contributed by atoms with van der Waals surface area (Å²) >= 11 is 0. The van der Waals surface area contributed by atoms with Gasteiger partial charge in [0.2, 0.25) is 0 Å². The molecule has 6 heteroatoms. The monoisotopic (exact) mass is 1000 g/mol. The Bertz CT molecular complexity index is 1340. The maximum absolute atomic E-state index is 12.8. The largest absolute Gasteiger partial charge is 0.462 e. The summed E-state index contributed by atoms with van der Waals surface area (Å²) in [7, 11) is 0. The zero-order valence-electron chi connectivity index (χ0n) is 47.7. The summed E-state index contributed by atoms with van der Waals surface area (Å²) in [5, 5.41) is 0. The second-order valence-corrected chi connectivity index (χ2v) is 20.6. The number of rotatable bonds is 56. The minimum atomic E-state index is -0.776. The highest BCUT2D eigenvalue weighted by molar-refractivity contribution is 5.71. The highest BCUT2D eigenvalue weighted by Crippen LogP contribution is 2.16. The van der Waals surface area contributed by atoms with Gasteiger partial charge in [0.1, 0.15) is 13.2 Å². The Morgan fingerprint density at radius 3 is 0.861 bits per heavy atom. The third-order valence-corrected chi connectivity index (χ3v) is 13.4. The Balaban J connectivity index is 4.17. The first-order valence-electron chi connectivity index (χ1n) is 30.9. The van der Waals surface area contributed by atoms with Gasteiger partial charge < -0.3 is 14.2 Å². The number of unbranched alkanes of at least 4 members (excludes halogenated alkanes) is 33. The van der Waals surface area contributed by atoms with Crippen LogP contribution in [0.2, 0.25) is 0 Å². The molecule has 0 aromatic carbocycles. The van der Waals surface area contributed by atoms with Gasteiger partial charge in [-0.1, -0.05) is 273 Å². The predicted octanol–water partition coefficient (Wildman–Crippen LogP) is 20.9. The maximum atomic E-state index is 12.8. The van der Waals surface area contributed by atoms with Gasteiger partial charge >= 0.3 is 17.9 Å². The Labute approximate surface area is 446 Å². The van der Waals surface area contributed by atoms with Crippen LogP contribution in [0.4, 0.5) is 0 Å². The molecular weight excluding hydrogens is 889 g/mol. The molecule has 0 fully saturated rings. The van der Waals surface area contributed by atoms with Gasteiger partial charge in [-0.3, -0.25) is 14.4 Å². The highest BCUT2D eigenvalue weighted by Gasteiger charge is 2.19. The molecule has 0 bridgehead atoms. The van der Waals surface area contributed by atoms with E-state index in [1.807, 2.05) is 0 Å². The van der Waals surface area contributed by atoms with E-state index in [9.17, 15) is 14.4 Å². The number of hydrogen-bond donors (Lipinski definition) is 0. The normalized spacial score (nSPS) is 12.5. The van der Waals surface area contributed by atoms with E-state index in [0.717, 1.165) is 96.3 Å². The van der Waals surface area contributed by atoms with E-state index in [1.165, 1.54) is 173 Å². The second kappa shape index (κ2) is 60.4. The Morgan fingerprint density at radius 2 is 0.542 bits per heavy atom. The summed E-state index contributed by atoms with van der Waals surface area (Å²) in [4.78, 5) is 38.1. The van der Waals surface area contributed by atoms with Gasteiger partial charge in [0.05, 0.1) is 0 Å². The average molecular weight is 1010 g/mol. The van der Waals surface area contributed by atoms with Crippen LogP contribution < -0.4 is 0 Å². The number of allylic oxidation sites excluding steroid dienone is 12. The van der Waals surface area contributed by atoms with Crippen LogP contribution in [0.1, 0.15) is 310 Å². The molecule has 0 saturated heterocycles. The Hall–Kier alpha value is -3.15. The minimum absolute atomic E-state index is 0.0750. The molecule has 0 aromatic rings. The van der Waals surface area contributed by atoms with Gasteiger partial charge in [-0.05, 0) is 89.9 Å². The SMILES string of the molecule is CC/C=C\C/C=C\C/C=C\C/C=C\C/C=C\CCCCCCCCCCCCCCCC(=O)OCC(COC(=O)CCCCCCCCCCCC)OC(=O)CCCCCCC/C=C\CCCCCCCC. The van der Waals surface area contributed by atoms with Gasteiger partial charge in [0, 0.05) is 19.3 Å². The van der Waals surface area contributed by atoms with E-state index in [1.54, 1.807) is 0 Å². The summed E-state index contributed by atoms with van der Waals surface area (Å²) in [5.74, 6) is -0.874. The number of ether oxygens (including phenoxy) is 3. The fraction of sp³-hybridized carbons (Fsp3) is 0.773. The van der Waals surface area contributed by atoms with E-state index < -0.39 is 6.10 Å². The fourth-order valence-electron chi connectivity index (χ4n) is 8.82. The molecule has 0 aliphatic heterocycles. The van der Waals surface area contributed by atoms with Crippen molar-refractivity contribution in [2.24, 2.45) is 0 Å². The van der Waals surface area contributed by atoms with Crippen LogP contribution in [0.15, 0.2) is 72.9 Å². The first kappa shape index (κ1) is 68.8. The summed E-state index contributed by atoms with van der Waals surface area (Å²) < 4.78 is 16.9. The quantitative estimate of drug-likeness (QED) is 0.0261. The van der Waals surface area contributed by atoms with E-state index in [-0.39, 0.29) is 31.1 Å². The Morgan fingerprint density at radius 1 is 0.292 bits per heavy atom. The molecule has 0 saturated carbocycles. The van der Waals surface area contributed by atoms with Crippen molar-refractivity contribution >= 4 is 17.9 Å². The number of hydrogen-bond acceptors (Lipinski definition) is 6. The highest BCUT2D eigenvalue weighted by atomic mass is 16.6. The van der Waals surface area contributed by atoms with Gasteiger partial charge in [-0.15, -0.1) is 0 Å². The lowest BCUT2D eigenvalue weighted by molar-refractivity contribution is -0.167. The molecule has 0 aromatic heterocycles. The summed E-state index contributed by atoms with van der Waals surface area (Å²) in [5.41, 5.74) is 0. The number of esters is 3. The molecule has 416 valence electrons. The van der Waals surface area contributed by atoms with E-state index >= 15 is 0 Å². The van der Waals surface area contributed by atoms with Crippen molar-refractivity contribution in [2.75, 3.05) is 13.2 Å². The van der Waals surface area contributed by atoms with Crippen LogP contribution in [0, 0.1) is 0 Å². The van der Waals surface area contributed by atoms with Crippen molar-refractivity contribution in [1.82, 2.24) is 0 Å². The predicted molar refractivity (Wildman–Crippen MR) is 311 cm³/mol. The Kier molecular flexibility index (Phi) is 57.8. The number of carbonyl (C=O) groups is 3. The molecule has 1 unspecified atom stereocenters. The van der Waals surface area contributed by atoms with Gasteiger partial charge in [-0.25, -0.2) is 0 Å². The van der Waals surface area contributed by atoms with Crippen LogP contribution in [0.3, 0.4) is 0 Å². The summed E-state index contributed by atoms with van der Waals surface area (Å²) in [6, 6.07) is 0. The van der Waals surface area contributed by atoms with Crippen molar-refractivity contribution in [3.05, 3.63) is 72.9 Å². The molecule has 0 amide bonds. The summed E-state index contributed by atoms with van der Waals surface area (Å²) in [6.45, 7) is 6.53. The maximum Gasteiger partial charge on any atom is 0.306 e. The third kappa shape index (κ3) is 57.7. The van der Waals surface area contributed by atoms with Crippen molar-refractivity contribution < 1.29 is 28.6 Å². The standard InChI is InChI=1S/C66H116O6/c1-4-7-10-13-16-19-22-24-26-27-28-29-30-31-32-33-34-35-36-37-38-39-41-42-44-47-50-53-56-59-65(68)71-62-63(61-70-64(67)58-55-52-49-46-21-18-15-12-9-6-3)72-66(69)60-57-54-51-48-45-43-40-25-23-20-17-14-11-8-5-2/h7,10,16,19,24-26,28-29,31-32,40,63H,4-6,8-9,11-15,17-18,20-23,27,30,33-39,41-62H2,1-3H3/b10-7-,19-16-,26-24-,29-28-,32-31-,40-25-. The third-order valence-electron chi connectivity index (χ3n) is 13.4. The zero-order valence-corrected chi connectivity index (χ0v) is 47.7. The first-order valence-corrected chi connectivity index (χ1v) is 30.9. The second-order valence-electron chi connectivity index (χ2n) is 20.6. The van der Waals surface area contributed by atoms with Crippen LogP contribution in [-0.4, -0.2) is 37.2 Å². The molecule has 6 nitrogen and oxygen atoms in total. The molecule has 0 aliphatic carbocycles. The molecule has 0 aliphatic rings. The molecule has 72 heavy (non-hydrogen) atoms. The lowest BCUT2D eigenvalue weighted by Crippen LogP contribution is -2.30. The van der Waals surface area contributed by atoms with Crippen molar-refractivity contribution in [1.29, 1.82) is 0 Å². The summed E-state index contributed by atoms with van der Waals surface area (Å²) in [6.07, 6.45) is 77.7. The van der Waals surface area contributed by atoms with Crippen LogP contribution in [0.25, 0.3) is 0 Å². The fourth-order valence-corrected chi connectivity index (χ4v) is 8.82. The topological polar surface area (TPSA) is 78.9 Å². The number of carbonyl (C=O) groups excluding carboxylic acids is 3. The van der Waals surface area contributed by atoms with Gasteiger partial charge in [0.15, 0.2) is 6.10 Å². The molecule has 1 atom stereocenters. The molecule has 0 N–H and O–H groups in total. The van der Waals surface area contributed by atoms with Crippen LogP contribution >= 0.6 is 0 Å². The smallest absolute Gasteiger partial charge is 0.306 e. The minimum Gasteiger partial charge on any atom is -0.462 e. The molecule has 0 heterocycles.